The van der Waals surface area contributed by atoms with E-state index in [1.807, 2.05) is 29.1 Å². The van der Waals surface area contributed by atoms with E-state index in [9.17, 15) is 0 Å². The molecule has 0 saturated heterocycles. The zero-order valence-corrected chi connectivity index (χ0v) is 12.3. The molecule has 0 aliphatic heterocycles. The molecule has 2 aromatic heterocycles. The molecule has 0 bridgehead atoms. The maximum absolute atomic E-state index is 5.40. The molecule has 0 aromatic carbocycles. The Labute approximate surface area is 120 Å². The average Bonchev–Trinajstić information content (AvgIpc) is 2.96. The number of ether oxygens (including phenoxy) is 1. The minimum absolute atomic E-state index is 0.0426. The van der Waals surface area contributed by atoms with Gasteiger partial charge in [0.15, 0.2) is 0 Å². The summed E-state index contributed by atoms with van der Waals surface area (Å²) in [5.74, 6) is 0.657. The Morgan fingerprint density at radius 3 is 2.85 bits per heavy atom. The van der Waals surface area contributed by atoms with Crippen LogP contribution in [0.3, 0.4) is 0 Å². The highest BCUT2D eigenvalue weighted by Crippen LogP contribution is 2.28. The van der Waals surface area contributed by atoms with Crippen molar-refractivity contribution in [2.24, 2.45) is 0 Å². The molecule has 5 heteroatoms. The summed E-state index contributed by atoms with van der Waals surface area (Å²) in [5.41, 5.74) is 2.17. The molecule has 0 radical (unpaired) electrons. The Hall–Kier alpha value is -1.88. The minimum Gasteiger partial charge on any atom is -0.481 e. The van der Waals surface area contributed by atoms with Crippen molar-refractivity contribution < 1.29 is 4.74 Å². The van der Waals surface area contributed by atoms with E-state index in [1.165, 1.54) is 0 Å². The Kier molecular flexibility index (Phi) is 5.12. The van der Waals surface area contributed by atoms with Crippen molar-refractivity contribution in [2.75, 3.05) is 13.7 Å². The molecule has 5 nitrogen and oxygen atoms in total. The summed E-state index contributed by atoms with van der Waals surface area (Å²) in [5, 5.41) is 7.92. The van der Waals surface area contributed by atoms with Crippen molar-refractivity contribution >= 4 is 0 Å². The van der Waals surface area contributed by atoms with Crippen LogP contribution in [0, 0.1) is 0 Å². The third-order valence-corrected chi connectivity index (χ3v) is 3.25. The van der Waals surface area contributed by atoms with Crippen LogP contribution >= 0.6 is 0 Å². The van der Waals surface area contributed by atoms with Gasteiger partial charge in [0.25, 0.3) is 0 Å². The second kappa shape index (κ2) is 7.05. The molecule has 0 amide bonds. The van der Waals surface area contributed by atoms with Gasteiger partial charge in [-0.05, 0) is 32.0 Å². The van der Waals surface area contributed by atoms with Gasteiger partial charge in [0.2, 0.25) is 5.88 Å². The van der Waals surface area contributed by atoms with Crippen LogP contribution < -0.4 is 10.1 Å². The second-order valence-electron chi connectivity index (χ2n) is 4.56. The molecule has 0 fully saturated rings. The van der Waals surface area contributed by atoms with Crippen LogP contribution in [-0.4, -0.2) is 28.4 Å². The van der Waals surface area contributed by atoms with Gasteiger partial charge in [-0.25, -0.2) is 4.98 Å². The smallest absolute Gasteiger partial charge is 0.218 e. The van der Waals surface area contributed by atoms with Gasteiger partial charge < -0.3 is 10.1 Å². The van der Waals surface area contributed by atoms with Gasteiger partial charge in [-0.1, -0.05) is 13.0 Å². The molecule has 0 saturated carbocycles. The Bertz CT molecular complexity index is 538. The quantitative estimate of drug-likeness (QED) is 0.842. The zero-order chi connectivity index (χ0) is 14.4. The number of rotatable bonds is 7. The van der Waals surface area contributed by atoms with Crippen molar-refractivity contribution in [3.05, 3.63) is 41.9 Å². The van der Waals surface area contributed by atoms with Crippen molar-refractivity contribution in [1.82, 2.24) is 20.1 Å². The average molecular weight is 274 g/mol. The first-order valence-electron chi connectivity index (χ1n) is 7.05. The topological polar surface area (TPSA) is 52.0 Å². The fraction of sp³-hybridized carbons (Fsp3) is 0.467. The first-order valence-corrected chi connectivity index (χ1v) is 7.05. The maximum atomic E-state index is 5.40. The summed E-state index contributed by atoms with van der Waals surface area (Å²) in [7, 11) is 1.65. The number of hydrogen-bond acceptors (Lipinski definition) is 4. The van der Waals surface area contributed by atoms with Crippen molar-refractivity contribution in [2.45, 2.75) is 32.9 Å². The fourth-order valence-electron chi connectivity index (χ4n) is 2.31. The highest BCUT2D eigenvalue weighted by Gasteiger charge is 2.21. The third kappa shape index (κ3) is 2.99. The van der Waals surface area contributed by atoms with E-state index in [1.54, 1.807) is 13.3 Å². The molecule has 0 spiro atoms. The van der Waals surface area contributed by atoms with E-state index in [0.717, 1.165) is 30.8 Å². The minimum atomic E-state index is 0.0426. The van der Waals surface area contributed by atoms with Gasteiger partial charge in [0, 0.05) is 24.5 Å². The van der Waals surface area contributed by atoms with Crippen LogP contribution in [0.1, 0.15) is 37.6 Å². The van der Waals surface area contributed by atoms with Crippen LogP contribution in [0.2, 0.25) is 0 Å². The Morgan fingerprint density at radius 1 is 1.30 bits per heavy atom. The lowest BCUT2D eigenvalue weighted by atomic mass is 10.0. The number of hydrogen-bond donors (Lipinski definition) is 1. The standard InChI is InChI=1S/C15H22N4O/c1-4-9-16-14(13-8-11-18-19(13)5-2)12-7-6-10-17-15(12)20-3/h6-8,10-11,14,16H,4-5,9H2,1-3H3. The zero-order valence-electron chi connectivity index (χ0n) is 12.3. The van der Waals surface area contributed by atoms with Crippen LogP contribution in [0.4, 0.5) is 0 Å². The first-order chi connectivity index (χ1) is 9.81. The Morgan fingerprint density at radius 2 is 2.15 bits per heavy atom. The molecular formula is C15H22N4O. The van der Waals surface area contributed by atoms with Crippen molar-refractivity contribution in [1.29, 1.82) is 0 Å². The molecule has 2 heterocycles. The number of aryl methyl sites for hydroxylation is 1. The lowest BCUT2D eigenvalue weighted by Gasteiger charge is -2.21. The van der Waals surface area contributed by atoms with Gasteiger partial charge in [-0.2, -0.15) is 5.10 Å². The van der Waals surface area contributed by atoms with Crippen LogP contribution in [0.15, 0.2) is 30.6 Å². The predicted molar refractivity (Wildman–Crippen MR) is 78.8 cm³/mol. The lowest BCUT2D eigenvalue weighted by molar-refractivity contribution is 0.384. The Balaban J connectivity index is 2.41. The monoisotopic (exact) mass is 274 g/mol. The second-order valence-corrected chi connectivity index (χ2v) is 4.56. The van der Waals surface area contributed by atoms with Crippen molar-refractivity contribution in [3.63, 3.8) is 0 Å². The van der Waals surface area contributed by atoms with E-state index < -0.39 is 0 Å². The normalized spacial score (nSPS) is 12.3. The lowest BCUT2D eigenvalue weighted by Crippen LogP contribution is -2.26. The molecule has 2 rings (SSSR count). The summed E-state index contributed by atoms with van der Waals surface area (Å²) in [6, 6.07) is 6.07. The van der Waals surface area contributed by atoms with Gasteiger partial charge in [0.1, 0.15) is 0 Å². The van der Waals surface area contributed by atoms with E-state index in [0.29, 0.717) is 5.88 Å². The SMILES string of the molecule is CCCNC(c1cccnc1OC)c1ccnn1CC. The summed E-state index contributed by atoms with van der Waals surface area (Å²) in [6.45, 7) is 6.02. The van der Waals surface area contributed by atoms with Gasteiger partial charge in [-0.3, -0.25) is 4.68 Å². The molecule has 1 unspecified atom stereocenters. The largest absolute Gasteiger partial charge is 0.481 e. The number of methoxy groups -OCH3 is 1. The first kappa shape index (κ1) is 14.5. The number of nitrogens with one attached hydrogen (secondary N) is 1. The van der Waals surface area contributed by atoms with E-state index in [2.05, 4.69) is 29.2 Å². The fourth-order valence-corrected chi connectivity index (χ4v) is 2.31. The van der Waals surface area contributed by atoms with Crippen LogP contribution in [0.5, 0.6) is 5.88 Å². The van der Waals surface area contributed by atoms with Gasteiger partial charge in [0.05, 0.1) is 18.8 Å². The molecule has 2 aromatic rings. The number of pyridine rings is 1. The van der Waals surface area contributed by atoms with E-state index >= 15 is 0 Å². The summed E-state index contributed by atoms with van der Waals surface area (Å²) in [6.07, 6.45) is 4.65. The molecule has 0 aliphatic carbocycles. The molecule has 20 heavy (non-hydrogen) atoms. The maximum Gasteiger partial charge on any atom is 0.218 e. The molecule has 0 aliphatic rings. The third-order valence-electron chi connectivity index (χ3n) is 3.25. The van der Waals surface area contributed by atoms with E-state index in [-0.39, 0.29) is 6.04 Å². The number of nitrogens with zero attached hydrogens (tertiary/aromatic N) is 3. The summed E-state index contributed by atoms with van der Waals surface area (Å²) in [4.78, 5) is 4.30. The highest BCUT2D eigenvalue weighted by molar-refractivity contribution is 5.34. The summed E-state index contributed by atoms with van der Waals surface area (Å²) < 4.78 is 7.40. The highest BCUT2D eigenvalue weighted by atomic mass is 16.5. The van der Waals surface area contributed by atoms with Gasteiger partial charge in [-0.15, -0.1) is 0 Å². The molecule has 1 N–H and O–H groups in total. The predicted octanol–water partition coefficient (Wildman–Crippen LogP) is 2.40. The van der Waals surface area contributed by atoms with Crippen molar-refractivity contribution in [3.8, 4) is 5.88 Å². The van der Waals surface area contributed by atoms with E-state index in [4.69, 9.17) is 4.74 Å². The number of aromatic nitrogens is 3. The molecule has 108 valence electrons. The van der Waals surface area contributed by atoms with Gasteiger partial charge >= 0.3 is 0 Å². The van der Waals surface area contributed by atoms with Crippen LogP contribution in [0.25, 0.3) is 0 Å². The molecular weight excluding hydrogens is 252 g/mol. The summed E-state index contributed by atoms with van der Waals surface area (Å²) >= 11 is 0. The van der Waals surface area contributed by atoms with Crippen LogP contribution in [-0.2, 0) is 6.54 Å². The molecule has 1 atom stereocenters.